The molecule has 2 rings (SSSR count). The highest BCUT2D eigenvalue weighted by Gasteiger charge is 2.29. The number of hydrogen-bond acceptors (Lipinski definition) is 3. The third kappa shape index (κ3) is 4.26. The van der Waals surface area contributed by atoms with Crippen molar-refractivity contribution in [2.24, 2.45) is 0 Å². The molecular weight excluding hydrogens is 309 g/mol. The molecule has 0 amide bonds. The van der Waals surface area contributed by atoms with Gasteiger partial charge in [0, 0.05) is 17.7 Å². The van der Waals surface area contributed by atoms with Crippen LogP contribution in [0.3, 0.4) is 0 Å². The molecule has 2 unspecified atom stereocenters. The molecule has 5 heteroatoms. The molecule has 1 aliphatic heterocycles. The van der Waals surface area contributed by atoms with E-state index in [0.717, 1.165) is 38.0 Å². The molecule has 0 aromatic heterocycles. The van der Waals surface area contributed by atoms with Crippen LogP contribution in [0.2, 0.25) is 10.0 Å². The predicted molar refractivity (Wildman–Crippen MR) is 87.6 cm³/mol. The first-order valence-corrected chi connectivity index (χ1v) is 8.39. The van der Waals surface area contributed by atoms with Crippen molar-refractivity contribution in [3.05, 3.63) is 27.7 Å². The van der Waals surface area contributed by atoms with Gasteiger partial charge in [0.25, 0.3) is 0 Å². The van der Waals surface area contributed by atoms with Gasteiger partial charge in [0.05, 0.1) is 23.8 Å². The Kier molecular flexibility index (Phi) is 6.62. The normalized spacial score (nSPS) is 19.7. The zero-order valence-corrected chi connectivity index (χ0v) is 14.1. The van der Waals surface area contributed by atoms with Crippen molar-refractivity contribution in [3.63, 3.8) is 0 Å². The van der Waals surface area contributed by atoms with E-state index in [4.69, 9.17) is 32.7 Å². The van der Waals surface area contributed by atoms with E-state index in [9.17, 15) is 0 Å². The smallest absolute Gasteiger partial charge is 0.139 e. The second-order valence-electron chi connectivity index (χ2n) is 5.22. The maximum atomic E-state index is 6.46. The Balaban J connectivity index is 2.27. The summed E-state index contributed by atoms with van der Waals surface area (Å²) in [6.45, 7) is 6.38. The molecule has 1 saturated heterocycles. The predicted octanol–water partition coefficient (Wildman–Crippen LogP) is 4.61. The molecule has 0 saturated carbocycles. The van der Waals surface area contributed by atoms with Crippen LogP contribution in [-0.2, 0) is 4.74 Å². The summed E-state index contributed by atoms with van der Waals surface area (Å²) in [7, 11) is 0. The first-order valence-electron chi connectivity index (χ1n) is 7.64. The Hall–Kier alpha value is -0.480. The number of rotatable bonds is 7. The van der Waals surface area contributed by atoms with Crippen LogP contribution in [0.15, 0.2) is 12.1 Å². The molecular formula is C16H23Cl2NO2. The second kappa shape index (κ2) is 8.23. The highest BCUT2D eigenvalue weighted by Crippen LogP contribution is 2.37. The van der Waals surface area contributed by atoms with Crippen LogP contribution >= 0.6 is 23.2 Å². The lowest BCUT2D eigenvalue weighted by atomic mass is 9.98. The van der Waals surface area contributed by atoms with Gasteiger partial charge in [-0.15, -0.1) is 0 Å². The number of nitrogens with one attached hydrogen (secondary N) is 1. The maximum absolute atomic E-state index is 6.46. The Morgan fingerprint density at radius 2 is 2.14 bits per heavy atom. The zero-order valence-electron chi connectivity index (χ0n) is 12.6. The van der Waals surface area contributed by atoms with E-state index < -0.39 is 0 Å². The maximum Gasteiger partial charge on any atom is 0.139 e. The van der Waals surface area contributed by atoms with Crippen molar-refractivity contribution in [1.29, 1.82) is 0 Å². The molecule has 1 aromatic rings. The van der Waals surface area contributed by atoms with Crippen molar-refractivity contribution in [2.75, 3.05) is 19.8 Å². The van der Waals surface area contributed by atoms with Crippen LogP contribution in [0.25, 0.3) is 0 Å². The molecule has 0 aliphatic carbocycles. The molecule has 2 atom stereocenters. The minimum Gasteiger partial charge on any atom is -0.492 e. The quantitative estimate of drug-likeness (QED) is 0.791. The molecule has 1 fully saturated rings. The molecule has 21 heavy (non-hydrogen) atoms. The summed E-state index contributed by atoms with van der Waals surface area (Å²) < 4.78 is 11.3. The Morgan fingerprint density at radius 1 is 1.33 bits per heavy atom. The fourth-order valence-electron chi connectivity index (χ4n) is 2.66. The van der Waals surface area contributed by atoms with Crippen molar-refractivity contribution in [2.45, 2.75) is 45.3 Å². The summed E-state index contributed by atoms with van der Waals surface area (Å²) in [6.07, 6.45) is 3.36. The number of ether oxygens (including phenoxy) is 2. The van der Waals surface area contributed by atoms with E-state index in [-0.39, 0.29) is 12.1 Å². The van der Waals surface area contributed by atoms with E-state index in [1.165, 1.54) is 0 Å². The van der Waals surface area contributed by atoms with Gasteiger partial charge in [0.15, 0.2) is 0 Å². The molecule has 118 valence electrons. The summed E-state index contributed by atoms with van der Waals surface area (Å²) in [5.74, 6) is 0.634. The van der Waals surface area contributed by atoms with Crippen LogP contribution in [-0.4, -0.2) is 25.9 Å². The Labute approximate surface area is 136 Å². The van der Waals surface area contributed by atoms with Crippen molar-refractivity contribution in [1.82, 2.24) is 5.32 Å². The third-order valence-electron chi connectivity index (χ3n) is 3.64. The largest absolute Gasteiger partial charge is 0.492 e. The average molecular weight is 332 g/mol. The van der Waals surface area contributed by atoms with E-state index in [1.807, 2.05) is 13.0 Å². The highest BCUT2D eigenvalue weighted by molar-refractivity contribution is 6.34. The lowest BCUT2D eigenvalue weighted by Crippen LogP contribution is -2.32. The van der Waals surface area contributed by atoms with Gasteiger partial charge >= 0.3 is 0 Å². The summed E-state index contributed by atoms with van der Waals surface area (Å²) in [5.41, 5.74) is 0.991. The third-order valence-corrected chi connectivity index (χ3v) is 4.26. The van der Waals surface area contributed by atoms with Gasteiger partial charge in [-0.25, -0.2) is 0 Å². The van der Waals surface area contributed by atoms with Gasteiger partial charge in [-0.1, -0.05) is 30.1 Å². The first kappa shape index (κ1) is 16.9. The summed E-state index contributed by atoms with van der Waals surface area (Å²) in [6, 6.07) is 3.79. The minimum absolute atomic E-state index is 0.0770. The average Bonchev–Trinajstić information content (AvgIpc) is 2.98. The number of hydrogen-bond donors (Lipinski definition) is 1. The van der Waals surface area contributed by atoms with Crippen LogP contribution in [0.5, 0.6) is 5.75 Å². The standard InChI is InChI=1S/C16H23Cl2NO2/c1-3-7-19-16(14-6-5-8-21-14)11-9-13(18)15(20-4-2)10-12(11)17/h9-10,14,16,19H,3-8H2,1-2H3. The lowest BCUT2D eigenvalue weighted by molar-refractivity contribution is 0.0783. The fraction of sp³-hybridized carbons (Fsp3) is 0.625. The lowest BCUT2D eigenvalue weighted by Gasteiger charge is -2.26. The monoisotopic (exact) mass is 331 g/mol. The van der Waals surface area contributed by atoms with Crippen LogP contribution in [0.1, 0.15) is 44.7 Å². The molecule has 3 nitrogen and oxygen atoms in total. The molecule has 1 aliphatic rings. The van der Waals surface area contributed by atoms with Gasteiger partial charge in [-0.05, 0) is 44.4 Å². The van der Waals surface area contributed by atoms with E-state index in [0.29, 0.717) is 22.4 Å². The Morgan fingerprint density at radius 3 is 2.76 bits per heavy atom. The Bertz CT molecular complexity index is 462. The van der Waals surface area contributed by atoms with Gasteiger partial charge in [0.1, 0.15) is 5.75 Å². The van der Waals surface area contributed by atoms with Crippen molar-refractivity contribution in [3.8, 4) is 5.75 Å². The topological polar surface area (TPSA) is 30.5 Å². The summed E-state index contributed by atoms with van der Waals surface area (Å²) >= 11 is 12.8. The summed E-state index contributed by atoms with van der Waals surface area (Å²) in [5, 5.41) is 4.81. The van der Waals surface area contributed by atoms with Crippen LogP contribution < -0.4 is 10.1 Å². The molecule has 0 spiro atoms. The van der Waals surface area contributed by atoms with Crippen LogP contribution in [0, 0.1) is 0 Å². The number of halogens is 2. The molecule has 1 aromatic carbocycles. The van der Waals surface area contributed by atoms with E-state index >= 15 is 0 Å². The minimum atomic E-state index is 0.0770. The van der Waals surface area contributed by atoms with Crippen molar-refractivity contribution < 1.29 is 9.47 Å². The molecule has 0 radical (unpaired) electrons. The van der Waals surface area contributed by atoms with Crippen LogP contribution in [0.4, 0.5) is 0 Å². The molecule has 0 bridgehead atoms. The first-order chi connectivity index (χ1) is 10.2. The van der Waals surface area contributed by atoms with Gasteiger partial charge in [0.2, 0.25) is 0 Å². The van der Waals surface area contributed by atoms with Gasteiger partial charge in [-0.2, -0.15) is 0 Å². The number of benzene rings is 1. The zero-order chi connectivity index (χ0) is 15.2. The highest BCUT2D eigenvalue weighted by atomic mass is 35.5. The van der Waals surface area contributed by atoms with Gasteiger partial charge < -0.3 is 14.8 Å². The van der Waals surface area contributed by atoms with Gasteiger partial charge in [-0.3, -0.25) is 0 Å². The van der Waals surface area contributed by atoms with E-state index in [1.54, 1.807) is 6.07 Å². The van der Waals surface area contributed by atoms with Crippen molar-refractivity contribution >= 4 is 23.2 Å². The second-order valence-corrected chi connectivity index (χ2v) is 6.03. The molecule has 1 heterocycles. The SMILES string of the molecule is CCCNC(c1cc(Cl)c(OCC)cc1Cl)C1CCCO1. The summed E-state index contributed by atoms with van der Waals surface area (Å²) in [4.78, 5) is 0. The molecule has 1 N–H and O–H groups in total. The fourth-order valence-corrected chi connectivity index (χ4v) is 3.15. The van der Waals surface area contributed by atoms with E-state index in [2.05, 4.69) is 12.2 Å².